The highest BCUT2D eigenvalue weighted by Gasteiger charge is 2.24. The zero-order valence-electron chi connectivity index (χ0n) is 14.7. The lowest BCUT2D eigenvalue weighted by molar-refractivity contribution is -0.145. The summed E-state index contributed by atoms with van der Waals surface area (Å²) >= 11 is 0.965. The van der Waals surface area contributed by atoms with Gasteiger partial charge in [0.25, 0.3) is 0 Å². The second kappa shape index (κ2) is 9.02. The topological polar surface area (TPSA) is 102 Å². The molecule has 0 saturated heterocycles. The highest BCUT2D eigenvalue weighted by molar-refractivity contribution is 7.18. The summed E-state index contributed by atoms with van der Waals surface area (Å²) in [6.07, 6.45) is 0.195. The Morgan fingerprint density at radius 2 is 1.96 bits per heavy atom. The fourth-order valence-electron chi connectivity index (χ4n) is 2.47. The molecule has 1 atom stereocenters. The third-order valence-corrected chi connectivity index (χ3v) is 4.87. The van der Waals surface area contributed by atoms with Gasteiger partial charge in [-0.3, -0.25) is 4.79 Å². The molecule has 2 aromatic rings. The van der Waals surface area contributed by atoms with E-state index in [2.05, 4.69) is 0 Å². The van der Waals surface area contributed by atoms with E-state index in [9.17, 15) is 14.9 Å². The second-order valence-electron chi connectivity index (χ2n) is 5.66. The molecular weight excluding hydrogens is 352 g/mol. The van der Waals surface area contributed by atoms with Gasteiger partial charge in [0, 0.05) is 5.56 Å². The summed E-state index contributed by atoms with van der Waals surface area (Å²) in [5, 5.41) is 9.48. The van der Waals surface area contributed by atoms with E-state index in [1.807, 2.05) is 43.3 Å². The van der Waals surface area contributed by atoms with Crippen molar-refractivity contribution in [3.05, 3.63) is 51.9 Å². The maximum atomic E-state index is 12.2. The van der Waals surface area contributed by atoms with E-state index in [1.165, 1.54) is 0 Å². The number of thiophene rings is 1. The van der Waals surface area contributed by atoms with Crippen LogP contribution >= 0.6 is 11.3 Å². The molecule has 2 N–H and O–H groups in total. The number of hydrogen-bond acceptors (Lipinski definition) is 7. The van der Waals surface area contributed by atoms with Crippen molar-refractivity contribution in [2.75, 3.05) is 12.3 Å². The van der Waals surface area contributed by atoms with Gasteiger partial charge in [-0.25, -0.2) is 4.79 Å². The van der Waals surface area contributed by atoms with Crippen molar-refractivity contribution in [1.29, 1.82) is 5.26 Å². The minimum Gasteiger partial charge on any atom is -0.462 e. The predicted molar refractivity (Wildman–Crippen MR) is 98.7 cm³/mol. The Labute approximate surface area is 156 Å². The lowest BCUT2D eigenvalue weighted by Gasteiger charge is -2.12. The lowest BCUT2D eigenvalue weighted by atomic mass is 9.98. The van der Waals surface area contributed by atoms with Gasteiger partial charge in [0.15, 0.2) is 0 Å². The average molecular weight is 372 g/mol. The number of nitrogens with two attached hydrogens (primary N) is 1. The van der Waals surface area contributed by atoms with Crippen LogP contribution in [0.3, 0.4) is 0 Å². The zero-order valence-corrected chi connectivity index (χ0v) is 15.5. The predicted octanol–water partition coefficient (Wildman–Crippen LogP) is 3.62. The number of ether oxygens (including phenoxy) is 2. The largest absolute Gasteiger partial charge is 0.462 e. The first-order valence-corrected chi connectivity index (χ1v) is 8.98. The van der Waals surface area contributed by atoms with Gasteiger partial charge in [0.1, 0.15) is 22.6 Å². The Hall–Kier alpha value is -2.85. The molecule has 1 aromatic heterocycles. The van der Waals surface area contributed by atoms with E-state index < -0.39 is 11.9 Å². The molecule has 0 spiro atoms. The fourth-order valence-corrected chi connectivity index (χ4v) is 3.38. The molecule has 7 heteroatoms. The van der Waals surface area contributed by atoms with Gasteiger partial charge < -0.3 is 15.2 Å². The molecule has 26 heavy (non-hydrogen) atoms. The molecule has 0 bridgehead atoms. The second-order valence-corrected chi connectivity index (χ2v) is 6.71. The van der Waals surface area contributed by atoms with E-state index in [-0.39, 0.29) is 41.0 Å². The first kappa shape index (κ1) is 19.5. The van der Waals surface area contributed by atoms with E-state index in [1.54, 1.807) is 6.92 Å². The number of nitriles is 1. The Bertz CT molecular complexity index is 824. The van der Waals surface area contributed by atoms with Crippen molar-refractivity contribution in [3.63, 3.8) is 0 Å². The molecule has 0 amide bonds. The van der Waals surface area contributed by atoms with E-state index in [4.69, 9.17) is 15.2 Å². The Kier molecular flexibility index (Phi) is 6.75. The zero-order chi connectivity index (χ0) is 19.1. The van der Waals surface area contributed by atoms with Crippen LogP contribution in [0.15, 0.2) is 30.3 Å². The summed E-state index contributed by atoms with van der Waals surface area (Å²) in [4.78, 5) is 24.4. The van der Waals surface area contributed by atoms with Crippen molar-refractivity contribution >= 4 is 28.3 Å². The molecule has 0 saturated carbocycles. The monoisotopic (exact) mass is 372 g/mol. The molecular formula is C19H20N2O4S. The van der Waals surface area contributed by atoms with Gasteiger partial charge >= 0.3 is 11.9 Å². The fraction of sp³-hybridized carbons (Fsp3) is 0.316. The molecule has 1 heterocycles. The number of carbonyl (C=O) groups excluding carboxylic acids is 2. The molecule has 0 aliphatic heterocycles. The van der Waals surface area contributed by atoms with Crippen LogP contribution in [0.5, 0.6) is 0 Å². The SMILES string of the molecule is CCOC(=O)c1sc(N)c(C#N)c1COC(=O)C[C@H](C)c1ccccc1. The summed E-state index contributed by atoms with van der Waals surface area (Å²) in [5.74, 6) is -0.990. The summed E-state index contributed by atoms with van der Waals surface area (Å²) in [5.41, 5.74) is 7.29. The van der Waals surface area contributed by atoms with E-state index in [0.29, 0.717) is 5.56 Å². The first-order chi connectivity index (χ1) is 12.5. The van der Waals surface area contributed by atoms with Crippen molar-refractivity contribution < 1.29 is 19.1 Å². The summed E-state index contributed by atoms with van der Waals surface area (Å²) in [6.45, 7) is 3.63. The molecule has 0 radical (unpaired) electrons. The van der Waals surface area contributed by atoms with Crippen LogP contribution in [0.2, 0.25) is 0 Å². The number of nitrogen functional groups attached to an aromatic ring is 1. The number of benzene rings is 1. The highest BCUT2D eigenvalue weighted by atomic mass is 32.1. The number of rotatable bonds is 7. The molecule has 0 aliphatic carbocycles. The minimum atomic E-state index is -0.575. The average Bonchev–Trinajstić information content (AvgIpc) is 2.96. The lowest BCUT2D eigenvalue weighted by Crippen LogP contribution is -2.11. The van der Waals surface area contributed by atoms with Crippen LogP contribution in [0.1, 0.15) is 52.5 Å². The van der Waals surface area contributed by atoms with Crippen molar-refractivity contribution in [3.8, 4) is 6.07 Å². The number of carbonyl (C=O) groups is 2. The van der Waals surface area contributed by atoms with Gasteiger partial charge in [0.2, 0.25) is 0 Å². The van der Waals surface area contributed by atoms with Crippen LogP contribution in [0, 0.1) is 11.3 Å². The molecule has 0 unspecified atom stereocenters. The van der Waals surface area contributed by atoms with Gasteiger partial charge in [-0.1, -0.05) is 37.3 Å². The van der Waals surface area contributed by atoms with Crippen molar-refractivity contribution in [1.82, 2.24) is 0 Å². The Morgan fingerprint density at radius 3 is 2.58 bits per heavy atom. The van der Waals surface area contributed by atoms with E-state index in [0.717, 1.165) is 16.9 Å². The maximum Gasteiger partial charge on any atom is 0.348 e. The Morgan fingerprint density at radius 1 is 1.27 bits per heavy atom. The molecule has 6 nitrogen and oxygen atoms in total. The number of anilines is 1. The number of esters is 2. The third-order valence-electron chi connectivity index (χ3n) is 3.83. The molecule has 136 valence electrons. The number of hydrogen-bond donors (Lipinski definition) is 1. The van der Waals surface area contributed by atoms with Gasteiger partial charge in [-0.05, 0) is 18.4 Å². The number of nitrogens with zero attached hydrogens (tertiary/aromatic N) is 1. The smallest absolute Gasteiger partial charge is 0.348 e. The van der Waals surface area contributed by atoms with Crippen molar-refractivity contribution in [2.45, 2.75) is 32.8 Å². The van der Waals surface area contributed by atoms with Gasteiger partial charge in [0.05, 0.1) is 18.6 Å². The maximum absolute atomic E-state index is 12.2. The van der Waals surface area contributed by atoms with E-state index >= 15 is 0 Å². The standard InChI is InChI=1S/C19H20N2O4S/c1-3-24-19(23)17-15(14(10-20)18(21)26-17)11-25-16(22)9-12(2)13-7-5-4-6-8-13/h4-8,12H,3,9,11,21H2,1-2H3/t12-/m0/s1. The third kappa shape index (κ3) is 4.61. The first-order valence-electron chi connectivity index (χ1n) is 8.16. The quantitative estimate of drug-likeness (QED) is 0.745. The minimum absolute atomic E-state index is 0.00351. The summed E-state index contributed by atoms with van der Waals surface area (Å²) < 4.78 is 10.3. The van der Waals surface area contributed by atoms with Crippen LogP contribution in [-0.4, -0.2) is 18.5 Å². The molecule has 2 rings (SSSR count). The molecule has 1 aromatic carbocycles. The van der Waals surface area contributed by atoms with Gasteiger partial charge in [-0.2, -0.15) is 5.26 Å². The van der Waals surface area contributed by atoms with Gasteiger partial charge in [-0.15, -0.1) is 11.3 Å². The Balaban J connectivity index is 2.07. The summed E-state index contributed by atoms with van der Waals surface area (Å²) in [6, 6.07) is 11.6. The highest BCUT2D eigenvalue weighted by Crippen LogP contribution is 2.32. The van der Waals surface area contributed by atoms with Crippen molar-refractivity contribution in [2.24, 2.45) is 0 Å². The van der Waals surface area contributed by atoms with Crippen LogP contribution in [0.4, 0.5) is 5.00 Å². The molecule has 0 fully saturated rings. The summed E-state index contributed by atoms with van der Waals surface area (Å²) in [7, 11) is 0. The molecule has 0 aliphatic rings. The van der Waals surface area contributed by atoms with Crippen LogP contribution in [-0.2, 0) is 20.9 Å². The van der Waals surface area contributed by atoms with Crippen LogP contribution < -0.4 is 5.73 Å². The normalized spacial score (nSPS) is 11.4. The van der Waals surface area contributed by atoms with Crippen LogP contribution in [0.25, 0.3) is 0 Å².